The van der Waals surface area contributed by atoms with Crippen molar-refractivity contribution in [2.75, 3.05) is 4.90 Å². The second kappa shape index (κ2) is 13.8. The van der Waals surface area contributed by atoms with Crippen LogP contribution in [-0.2, 0) is 0 Å². The Morgan fingerprint density at radius 3 is 1.84 bits per heavy atom. The lowest BCUT2D eigenvalue weighted by molar-refractivity contribution is 1.13. The summed E-state index contributed by atoms with van der Waals surface area (Å²) < 4.78 is 4.70. The molecule has 0 spiro atoms. The van der Waals surface area contributed by atoms with E-state index in [4.69, 9.17) is 9.97 Å². The van der Waals surface area contributed by atoms with E-state index in [0.717, 1.165) is 61.8 Å². The number of benzene rings is 7. The molecule has 4 aromatic heterocycles. The third-order valence-electron chi connectivity index (χ3n) is 11.3. The van der Waals surface area contributed by atoms with Crippen molar-refractivity contribution in [1.82, 2.24) is 19.1 Å². The van der Waals surface area contributed by atoms with Gasteiger partial charge >= 0.3 is 0 Å². The normalized spacial score (nSPS) is 11.5. The first-order valence-corrected chi connectivity index (χ1v) is 19.7. The molecule has 0 unspecified atom stereocenters. The molecule has 7 aromatic carbocycles. The summed E-state index contributed by atoms with van der Waals surface area (Å²) >= 11 is 0. The number of nitrogens with zero attached hydrogens (tertiary/aromatic N) is 5. The van der Waals surface area contributed by atoms with Crippen molar-refractivity contribution in [3.05, 3.63) is 212 Å². The molecule has 0 amide bonds. The number of aryl methyl sites for hydroxylation is 1. The second-order valence-corrected chi connectivity index (χ2v) is 14.7. The summed E-state index contributed by atoms with van der Waals surface area (Å²) in [4.78, 5) is 12.3. The molecule has 0 bridgehead atoms. The van der Waals surface area contributed by atoms with E-state index in [0.29, 0.717) is 0 Å². The lowest BCUT2D eigenvalue weighted by Crippen LogP contribution is -2.10. The highest BCUT2D eigenvalue weighted by molar-refractivity contribution is 6.28. The Kier molecular flexibility index (Phi) is 7.97. The largest absolute Gasteiger partial charge is 0.310 e. The number of rotatable bonds is 7. The van der Waals surface area contributed by atoms with Gasteiger partial charge in [-0.25, -0.2) is 4.98 Å². The average Bonchev–Trinajstić information content (AvgIpc) is 3.81. The van der Waals surface area contributed by atoms with Crippen LogP contribution >= 0.6 is 0 Å². The van der Waals surface area contributed by atoms with Gasteiger partial charge in [0.15, 0.2) is 0 Å². The average molecular weight is 744 g/mol. The summed E-state index contributed by atoms with van der Waals surface area (Å²) in [7, 11) is 0. The van der Waals surface area contributed by atoms with Crippen LogP contribution in [0.4, 0.5) is 17.1 Å². The predicted octanol–water partition coefficient (Wildman–Crippen LogP) is 13.8. The van der Waals surface area contributed by atoms with E-state index in [1.165, 1.54) is 38.3 Å². The summed E-state index contributed by atoms with van der Waals surface area (Å²) in [6.45, 7) is 2.12. The van der Waals surface area contributed by atoms with Gasteiger partial charge in [-0.1, -0.05) is 103 Å². The van der Waals surface area contributed by atoms with Crippen molar-refractivity contribution < 1.29 is 0 Å². The summed E-state index contributed by atoms with van der Waals surface area (Å²) in [6.07, 6.45) is 3.88. The predicted molar refractivity (Wildman–Crippen MR) is 241 cm³/mol. The Hall–Kier alpha value is -7.76. The van der Waals surface area contributed by atoms with Gasteiger partial charge in [0.05, 0.1) is 22.2 Å². The topological polar surface area (TPSA) is 38.9 Å². The van der Waals surface area contributed by atoms with Gasteiger partial charge in [-0.3, -0.25) is 9.55 Å². The lowest BCUT2D eigenvalue weighted by atomic mass is 9.99. The minimum atomic E-state index is 0.923. The Morgan fingerprint density at radius 1 is 0.431 bits per heavy atom. The fraction of sp³-hybridized carbons (Fsp3) is 0.0189. The van der Waals surface area contributed by atoms with Crippen LogP contribution in [0.2, 0.25) is 0 Å². The van der Waals surface area contributed by atoms with Crippen LogP contribution in [0.1, 0.15) is 5.56 Å². The van der Waals surface area contributed by atoms with Crippen LogP contribution in [0.25, 0.3) is 77.5 Å². The maximum atomic E-state index is 5.05. The van der Waals surface area contributed by atoms with Crippen LogP contribution < -0.4 is 4.90 Å². The molecular weight excluding hydrogens is 707 g/mol. The molecule has 0 saturated heterocycles. The second-order valence-electron chi connectivity index (χ2n) is 14.7. The summed E-state index contributed by atoms with van der Waals surface area (Å²) in [6, 6.07) is 69.0. The molecule has 0 aliphatic rings. The van der Waals surface area contributed by atoms with Crippen molar-refractivity contribution in [3.63, 3.8) is 0 Å². The highest BCUT2D eigenvalue weighted by Gasteiger charge is 2.22. The maximum absolute atomic E-state index is 5.05. The zero-order valence-corrected chi connectivity index (χ0v) is 31.9. The molecule has 4 heterocycles. The SMILES string of the molecule is Cc1cnc(-c2cccc(N(c3ccccc3)c3cccc(-n4c5ccc6c(c7ccccc7n6-c6ccccc6)c5c5cccnc54)c3)c2)cc1-c1ccccc1. The van der Waals surface area contributed by atoms with Crippen molar-refractivity contribution >= 4 is 60.8 Å². The van der Waals surface area contributed by atoms with Gasteiger partial charge in [-0.15, -0.1) is 0 Å². The summed E-state index contributed by atoms with van der Waals surface area (Å²) in [5.74, 6) is 0. The first kappa shape index (κ1) is 33.6. The molecule has 274 valence electrons. The number of hydrogen-bond donors (Lipinski definition) is 0. The third-order valence-corrected chi connectivity index (χ3v) is 11.3. The molecule has 0 saturated carbocycles. The van der Waals surface area contributed by atoms with Crippen molar-refractivity contribution in [1.29, 1.82) is 0 Å². The van der Waals surface area contributed by atoms with E-state index < -0.39 is 0 Å². The maximum Gasteiger partial charge on any atom is 0.145 e. The molecule has 0 radical (unpaired) electrons. The van der Waals surface area contributed by atoms with Gasteiger partial charge in [-0.05, 0) is 115 Å². The highest BCUT2D eigenvalue weighted by atomic mass is 15.1. The number of hydrogen-bond acceptors (Lipinski definition) is 3. The molecule has 11 aromatic rings. The van der Waals surface area contributed by atoms with E-state index in [1.54, 1.807) is 0 Å². The Balaban J connectivity index is 1.09. The number of pyridine rings is 2. The molecule has 0 aliphatic carbocycles. The first-order chi connectivity index (χ1) is 28.7. The number of fused-ring (bicyclic) bond motifs is 7. The molecule has 11 rings (SSSR count). The fourth-order valence-electron chi connectivity index (χ4n) is 8.72. The molecule has 0 aliphatic heterocycles. The molecule has 0 N–H and O–H groups in total. The van der Waals surface area contributed by atoms with Crippen molar-refractivity contribution in [3.8, 4) is 33.8 Å². The molecule has 5 nitrogen and oxygen atoms in total. The first-order valence-electron chi connectivity index (χ1n) is 19.7. The highest BCUT2D eigenvalue weighted by Crippen LogP contribution is 2.43. The number of para-hydroxylation sites is 3. The van der Waals surface area contributed by atoms with E-state index in [-0.39, 0.29) is 0 Å². The van der Waals surface area contributed by atoms with Crippen LogP contribution in [0.3, 0.4) is 0 Å². The molecular formula is C53H37N5. The lowest BCUT2D eigenvalue weighted by Gasteiger charge is -2.26. The standard InChI is InChI=1S/C53H37N5/c1-36-35-55-47(34-46(36)37-16-5-2-6-17-37)38-18-13-23-41(32-38)56(39-19-7-3-8-20-39)42-24-14-25-43(33-42)58-50-30-29-49-51(52(50)45-27-15-31-54-53(45)58)44-26-11-12-28-48(44)57(49)40-21-9-4-10-22-40/h2-35H,1H3. The Bertz CT molecular complexity index is 3290. The van der Waals surface area contributed by atoms with Gasteiger partial charge in [0.2, 0.25) is 0 Å². The number of anilines is 3. The zero-order chi connectivity index (χ0) is 38.6. The minimum Gasteiger partial charge on any atom is -0.310 e. The van der Waals surface area contributed by atoms with Gasteiger partial charge < -0.3 is 9.47 Å². The van der Waals surface area contributed by atoms with Gasteiger partial charge in [0.1, 0.15) is 5.65 Å². The smallest absolute Gasteiger partial charge is 0.145 e. The zero-order valence-electron chi connectivity index (χ0n) is 31.9. The number of aromatic nitrogens is 4. The van der Waals surface area contributed by atoms with E-state index in [1.807, 2.05) is 18.5 Å². The molecule has 0 fully saturated rings. The summed E-state index contributed by atoms with van der Waals surface area (Å²) in [5.41, 5.74) is 15.2. The van der Waals surface area contributed by atoms with E-state index in [2.05, 4.69) is 209 Å². The van der Waals surface area contributed by atoms with Crippen LogP contribution in [0.15, 0.2) is 207 Å². The van der Waals surface area contributed by atoms with Gasteiger partial charge in [-0.2, -0.15) is 0 Å². The molecule has 58 heavy (non-hydrogen) atoms. The monoisotopic (exact) mass is 743 g/mol. The fourth-order valence-corrected chi connectivity index (χ4v) is 8.72. The van der Waals surface area contributed by atoms with Gasteiger partial charge in [0.25, 0.3) is 0 Å². The van der Waals surface area contributed by atoms with Crippen molar-refractivity contribution in [2.45, 2.75) is 6.92 Å². The summed E-state index contributed by atoms with van der Waals surface area (Å²) in [5, 5.41) is 4.77. The van der Waals surface area contributed by atoms with Crippen LogP contribution in [-0.4, -0.2) is 19.1 Å². The van der Waals surface area contributed by atoms with E-state index in [9.17, 15) is 0 Å². The van der Waals surface area contributed by atoms with Crippen molar-refractivity contribution in [2.24, 2.45) is 0 Å². The Morgan fingerprint density at radius 2 is 1.03 bits per heavy atom. The molecule has 0 atom stereocenters. The molecule has 5 heteroatoms. The third kappa shape index (κ3) is 5.47. The van der Waals surface area contributed by atoms with E-state index >= 15 is 0 Å². The van der Waals surface area contributed by atoms with Crippen LogP contribution in [0, 0.1) is 6.92 Å². The Labute approximate surface area is 336 Å². The van der Waals surface area contributed by atoms with Crippen LogP contribution in [0.5, 0.6) is 0 Å². The quantitative estimate of drug-likeness (QED) is 0.163. The van der Waals surface area contributed by atoms with Gasteiger partial charge in [0, 0.05) is 67.9 Å². The minimum absolute atomic E-state index is 0.923.